The number of carbonyl (C=O) groups excluding carboxylic acids is 2. The minimum absolute atomic E-state index is 0.00681. The molecule has 0 saturated heterocycles. The Balaban J connectivity index is 2.02. The highest BCUT2D eigenvalue weighted by molar-refractivity contribution is 6.47. The predicted molar refractivity (Wildman–Crippen MR) is 89.9 cm³/mol. The fourth-order valence-corrected chi connectivity index (χ4v) is 1.66. The lowest BCUT2D eigenvalue weighted by Crippen LogP contribution is -2.12. The summed E-state index contributed by atoms with van der Waals surface area (Å²) in [6, 6.07) is 18.1. The zero-order valence-corrected chi connectivity index (χ0v) is 13.2. The molecular formula is C18H13N3O4. The van der Waals surface area contributed by atoms with Gasteiger partial charge in [0.2, 0.25) is 5.71 Å². The molecule has 25 heavy (non-hydrogen) atoms. The molecule has 0 radical (unpaired) electrons. The van der Waals surface area contributed by atoms with Crippen molar-refractivity contribution in [3.8, 4) is 6.07 Å². The second-order valence-corrected chi connectivity index (χ2v) is 4.72. The van der Waals surface area contributed by atoms with Crippen LogP contribution in [0.15, 0.2) is 71.0 Å². The predicted octanol–water partition coefficient (Wildman–Crippen LogP) is 2.96. The number of oxime groups is 2. The van der Waals surface area contributed by atoms with Crippen LogP contribution < -0.4 is 0 Å². The summed E-state index contributed by atoms with van der Waals surface area (Å²) in [4.78, 5) is 33.0. The molecule has 0 aromatic heterocycles. The van der Waals surface area contributed by atoms with E-state index in [0.29, 0.717) is 5.56 Å². The fourth-order valence-electron chi connectivity index (χ4n) is 1.66. The summed E-state index contributed by atoms with van der Waals surface area (Å²) in [5.74, 6) is -1.40. The van der Waals surface area contributed by atoms with Crippen molar-refractivity contribution in [2.75, 3.05) is 0 Å². The third kappa shape index (κ3) is 5.11. The van der Waals surface area contributed by atoms with Crippen LogP contribution in [0, 0.1) is 11.3 Å². The SMILES string of the molecule is CC(=N\OC(=O)c1ccccc1)/C(C#N)=N/OC(=O)c1ccccc1. The van der Waals surface area contributed by atoms with Gasteiger partial charge in [-0.2, -0.15) is 5.26 Å². The van der Waals surface area contributed by atoms with E-state index >= 15 is 0 Å². The summed E-state index contributed by atoms with van der Waals surface area (Å²) in [5.41, 5.74) is 0.302. The number of carbonyl (C=O) groups is 2. The number of benzene rings is 2. The third-order valence-electron chi connectivity index (χ3n) is 2.95. The second kappa shape index (κ2) is 8.74. The highest BCUT2D eigenvalue weighted by atomic mass is 16.7. The first-order valence-corrected chi connectivity index (χ1v) is 7.17. The van der Waals surface area contributed by atoms with Crippen molar-refractivity contribution in [1.29, 1.82) is 5.26 Å². The first kappa shape index (κ1) is 17.6. The topological polar surface area (TPSA) is 101 Å². The molecule has 0 aliphatic heterocycles. The summed E-state index contributed by atoms with van der Waals surface area (Å²) in [6.45, 7) is 1.40. The van der Waals surface area contributed by atoms with Gasteiger partial charge in [0.1, 0.15) is 11.8 Å². The van der Waals surface area contributed by atoms with Gasteiger partial charge in [-0.1, -0.05) is 46.7 Å². The van der Waals surface area contributed by atoms with Crippen molar-refractivity contribution in [2.24, 2.45) is 10.3 Å². The van der Waals surface area contributed by atoms with Gasteiger partial charge in [0.05, 0.1) is 11.1 Å². The monoisotopic (exact) mass is 335 g/mol. The first-order valence-electron chi connectivity index (χ1n) is 7.17. The van der Waals surface area contributed by atoms with Gasteiger partial charge in [0.25, 0.3) is 0 Å². The van der Waals surface area contributed by atoms with E-state index in [1.165, 1.54) is 6.92 Å². The lowest BCUT2D eigenvalue weighted by molar-refractivity contribution is 0.0502. The number of hydrogen-bond donors (Lipinski definition) is 0. The molecule has 0 fully saturated rings. The molecule has 124 valence electrons. The Morgan fingerprint density at radius 1 is 0.840 bits per heavy atom. The molecule has 0 N–H and O–H groups in total. The number of rotatable bonds is 5. The highest BCUT2D eigenvalue weighted by Crippen LogP contribution is 2.03. The van der Waals surface area contributed by atoms with E-state index in [9.17, 15) is 9.59 Å². The third-order valence-corrected chi connectivity index (χ3v) is 2.95. The van der Waals surface area contributed by atoms with Crippen LogP contribution in [0.1, 0.15) is 27.6 Å². The van der Waals surface area contributed by atoms with Crippen molar-refractivity contribution >= 4 is 23.4 Å². The van der Waals surface area contributed by atoms with Gasteiger partial charge in [0.15, 0.2) is 0 Å². The molecule has 0 aliphatic carbocycles. The smallest absolute Gasteiger partial charge is 0.312 e. The average molecular weight is 335 g/mol. The molecule has 2 aromatic carbocycles. The van der Waals surface area contributed by atoms with Crippen LogP contribution in [0.4, 0.5) is 0 Å². The molecule has 0 heterocycles. The molecule has 0 atom stereocenters. The lowest BCUT2D eigenvalue weighted by atomic mass is 10.2. The molecule has 7 heteroatoms. The molecule has 0 bridgehead atoms. The fraction of sp³-hybridized carbons (Fsp3) is 0.0556. The molecule has 7 nitrogen and oxygen atoms in total. The summed E-state index contributed by atoms with van der Waals surface area (Å²) in [6.07, 6.45) is 0. The maximum atomic E-state index is 11.8. The van der Waals surface area contributed by atoms with Crippen LogP contribution in [0.25, 0.3) is 0 Å². The standard InChI is InChI=1S/C18H13N3O4/c1-13(20-24-17(22)14-8-4-2-5-9-14)16(12-19)21-25-18(23)15-10-6-3-7-11-15/h2-11H,1H3/b20-13+,21-16+. The number of hydrogen-bond acceptors (Lipinski definition) is 7. The van der Waals surface area contributed by atoms with Gasteiger partial charge in [-0.3, -0.25) is 0 Å². The van der Waals surface area contributed by atoms with E-state index in [1.54, 1.807) is 66.7 Å². The zero-order valence-electron chi connectivity index (χ0n) is 13.2. The minimum atomic E-state index is -0.720. The second-order valence-electron chi connectivity index (χ2n) is 4.72. The molecule has 2 rings (SSSR count). The van der Waals surface area contributed by atoms with Crippen LogP contribution >= 0.6 is 0 Å². The summed E-state index contributed by atoms with van der Waals surface area (Å²) < 4.78 is 0. The van der Waals surface area contributed by atoms with Crippen LogP contribution in [-0.4, -0.2) is 23.4 Å². The quantitative estimate of drug-likeness (QED) is 0.475. The van der Waals surface area contributed by atoms with Gasteiger partial charge in [0, 0.05) is 0 Å². The maximum absolute atomic E-state index is 11.8. The van der Waals surface area contributed by atoms with Crippen molar-refractivity contribution in [3.63, 3.8) is 0 Å². The van der Waals surface area contributed by atoms with Gasteiger partial charge < -0.3 is 9.68 Å². The largest absolute Gasteiger partial charge is 0.365 e. The zero-order chi connectivity index (χ0) is 18.1. The van der Waals surface area contributed by atoms with E-state index in [1.807, 2.05) is 0 Å². The van der Waals surface area contributed by atoms with E-state index in [-0.39, 0.29) is 17.0 Å². The Bertz CT molecular complexity index is 853. The summed E-state index contributed by atoms with van der Waals surface area (Å²) in [5, 5.41) is 16.1. The van der Waals surface area contributed by atoms with Crippen molar-refractivity contribution in [1.82, 2.24) is 0 Å². The summed E-state index contributed by atoms with van der Waals surface area (Å²) >= 11 is 0. The van der Waals surface area contributed by atoms with E-state index in [0.717, 1.165) is 0 Å². The first-order chi connectivity index (χ1) is 12.1. The highest BCUT2D eigenvalue weighted by Gasteiger charge is 2.11. The minimum Gasteiger partial charge on any atom is -0.312 e. The maximum Gasteiger partial charge on any atom is 0.365 e. The molecule has 0 aliphatic rings. The Morgan fingerprint density at radius 3 is 1.72 bits per heavy atom. The van der Waals surface area contributed by atoms with E-state index in [2.05, 4.69) is 10.3 Å². The molecule has 0 spiro atoms. The van der Waals surface area contributed by atoms with Crippen molar-refractivity contribution < 1.29 is 19.3 Å². The average Bonchev–Trinajstić information content (AvgIpc) is 2.67. The molecule has 2 aromatic rings. The Hall–Kier alpha value is -3.79. The van der Waals surface area contributed by atoms with Crippen LogP contribution in [0.2, 0.25) is 0 Å². The van der Waals surface area contributed by atoms with Crippen LogP contribution in [0.5, 0.6) is 0 Å². The van der Waals surface area contributed by atoms with Gasteiger partial charge >= 0.3 is 11.9 Å². The lowest BCUT2D eigenvalue weighted by Gasteiger charge is -2.00. The Morgan fingerprint density at radius 2 is 1.28 bits per heavy atom. The Labute approximate surface area is 143 Å². The van der Waals surface area contributed by atoms with Crippen molar-refractivity contribution in [2.45, 2.75) is 6.92 Å². The van der Waals surface area contributed by atoms with Crippen molar-refractivity contribution in [3.05, 3.63) is 71.8 Å². The number of nitriles is 1. The summed E-state index contributed by atoms with van der Waals surface area (Å²) in [7, 11) is 0. The van der Waals surface area contributed by atoms with Gasteiger partial charge in [-0.15, -0.1) is 0 Å². The Kier molecular flexibility index (Phi) is 6.14. The molecule has 0 unspecified atom stereocenters. The normalized spacial score (nSPS) is 11.4. The van der Waals surface area contributed by atoms with Gasteiger partial charge in [-0.25, -0.2) is 9.59 Å². The van der Waals surface area contributed by atoms with Crippen LogP contribution in [-0.2, 0) is 9.68 Å². The molecule has 0 saturated carbocycles. The van der Waals surface area contributed by atoms with E-state index in [4.69, 9.17) is 14.9 Å². The molecular weight excluding hydrogens is 322 g/mol. The van der Waals surface area contributed by atoms with Gasteiger partial charge in [-0.05, 0) is 31.2 Å². The van der Waals surface area contributed by atoms with Crippen LogP contribution in [0.3, 0.4) is 0 Å². The van der Waals surface area contributed by atoms with E-state index < -0.39 is 11.9 Å². The number of nitrogens with zero attached hydrogens (tertiary/aromatic N) is 3. The molecule has 0 amide bonds.